The van der Waals surface area contributed by atoms with E-state index in [9.17, 15) is 5.11 Å². The summed E-state index contributed by atoms with van der Waals surface area (Å²) < 4.78 is 0. The van der Waals surface area contributed by atoms with Crippen molar-refractivity contribution in [3.05, 3.63) is 136 Å². The zero-order valence-corrected chi connectivity index (χ0v) is 22.2. The molecule has 1 aliphatic heterocycles. The topological polar surface area (TPSA) is 23.5 Å². The molecular weight excluding hydrogens is 486 g/mol. The number of hydrogen-bond acceptors (Lipinski definition) is 2. The molecule has 0 aromatic heterocycles. The third-order valence-corrected chi connectivity index (χ3v) is 9.23. The van der Waals surface area contributed by atoms with E-state index in [1.165, 1.54) is 44.1 Å². The van der Waals surface area contributed by atoms with E-state index in [1.54, 1.807) is 0 Å². The molecule has 0 bridgehead atoms. The molecule has 38 heavy (non-hydrogen) atoms. The monoisotopic (exact) mass is 515 g/mol. The Morgan fingerprint density at radius 3 is 2.37 bits per heavy atom. The van der Waals surface area contributed by atoms with Gasteiger partial charge in [-0.05, 0) is 75.4 Å². The highest BCUT2D eigenvalue weighted by molar-refractivity contribution is 6.37. The Hall–Kier alpha value is -3.59. The van der Waals surface area contributed by atoms with Crippen LogP contribution in [0.1, 0.15) is 41.0 Å². The first-order chi connectivity index (χ1) is 18.6. The van der Waals surface area contributed by atoms with Gasteiger partial charge in [-0.25, -0.2) is 0 Å². The zero-order valence-electron chi connectivity index (χ0n) is 21.5. The van der Waals surface area contributed by atoms with Crippen LogP contribution in [0, 0.1) is 0 Å². The zero-order chi connectivity index (χ0) is 25.9. The molecule has 1 N–H and O–H groups in total. The molecule has 1 heterocycles. The normalized spacial score (nSPS) is 20.8. The maximum absolute atomic E-state index is 10.9. The number of aliphatic hydroxyl groups excluding tert-OH is 1. The molecular formula is C35H30ClNO. The molecule has 2 unspecified atom stereocenters. The van der Waals surface area contributed by atoms with Crippen molar-refractivity contribution in [1.29, 1.82) is 0 Å². The Morgan fingerprint density at radius 1 is 0.842 bits per heavy atom. The number of fused-ring (bicyclic) bond motifs is 6. The second-order valence-electron chi connectivity index (χ2n) is 10.7. The lowest BCUT2D eigenvalue weighted by Gasteiger charge is -2.50. The van der Waals surface area contributed by atoms with Crippen LogP contribution >= 0.6 is 11.6 Å². The maximum atomic E-state index is 10.9. The molecule has 0 spiro atoms. The van der Waals surface area contributed by atoms with E-state index >= 15 is 0 Å². The summed E-state index contributed by atoms with van der Waals surface area (Å²) in [5, 5.41) is 16.6. The number of aryl methyl sites for hydroxylation is 1. The van der Waals surface area contributed by atoms with Gasteiger partial charge < -0.3 is 10.0 Å². The number of nitrogens with zero attached hydrogens (tertiary/aromatic N) is 1. The lowest BCUT2D eigenvalue weighted by atomic mass is 9.55. The van der Waals surface area contributed by atoms with Gasteiger partial charge in [-0.15, -0.1) is 0 Å². The highest BCUT2D eigenvalue weighted by Gasteiger charge is 2.50. The fourth-order valence-corrected chi connectivity index (χ4v) is 7.69. The summed E-state index contributed by atoms with van der Waals surface area (Å²) >= 11 is 6.87. The van der Waals surface area contributed by atoms with Gasteiger partial charge in [0, 0.05) is 35.3 Å². The highest BCUT2D eigenvalue weighted by atomic mass is 35.5. The molecule has 0 amide bonds. The molecule has 5 aromatic carbocycles. The van der Waals surface area contributed by atoms with Gasteiger partial charge >= 0.3 is 0 Å². The first kappa shape index (κ1) is 23.5. The molecule has 0 saturated heterocycles. The third-order valence-electron chi connectivity index (χ3n) is 8.92. The summed E-state index contributed by atoms with van der Waals surface area (Å²) in [7, 11) is 2.08. The van der Waals surface area contributed by atoms with Crippen LogP contribution in [0.15, 0.2) is 109 Å². The molecule has 2 nitrogen and oxygen atoms in total. The maximum Gasteiger partial charge on any atom is 0.0671 e. The average molecular weight is 516 g/mol. The number of para-hydroxylation sites is 1. The van der Waals surface area contributed by atoms with Gasteiger partial charge in [0.1, 0.15) is 0 Å². The van der Waals surface area contributed by atoms with Gasteiger partial charge in [0.05, 0.1) is 12.0 Å². The minimum absolute atomic E-state index is 0.00342. The SMILES string of the molecule is CN1C=C(CO)C(c2ccccc2)(C2CCCc3c2ccc2c3cc(Cl)c3ccccc32)c2ccccc21. The Morgan fingerprint density at radius 2 is 1.55 bits per heavy atom. The van der Waals surface area contributed by atoms with Crippen LogP contribution in [-0.2, 0) is 11.8 Å². The summed E-state index contributed by atoms with van der Waals surface area (Å²) in [6.07, 6.45) is 5.33. The van der Waals surface area contributed by atoms with Crippen LogP contribution in [0.3, 0.4) is 0 Å². The van der Waals surface area contributed by atoms with Crippen molar-refractivity contribution in [3.63, 3.8) is 0 Å². The van der Waals surface area contributed by atoms with Crippen LogP contribution in [0.25, 0.3) is 21.5 Å². The smallest absolute Gasteiger partial charge is 0.0671 e. The number of aliphatic hydroxyl groups is 1. The quantitative estimate of drug-likeness (QED) is 0.244. The van der Waals surface area contributed by atoms with E-state index in [0.717, 1.165) is 35.2 Å². The first-order valence-electron chi connectivity index (χ1n) is 13.5. The lowest BCUT2D eigenvalue weighted by Crippen LogP contribution is -2.44. The van der Waals surface area contributed by atoms with Crippen molar-refractivity contribution in [1.82, 2.24) is 0 Å². The number of rotatable bonds is 3. The first-order valence-corrected chi connectivity index (χ1v) is 13.8. The Balaban J connectivity index is 1.56. The van der Waals surface area contributed by atoms with Crippen molar-refractivity contribution < 1.29 is 5.11 Å². The van der Waals surface area contributed by atoms with Crippen LogP contribution in [-0.4, -0.2) is 18.8 Å². The largest absolute Gasteiger partial charge is 0.392 e. The lowest BCUT2D eigenvalue weighted by molar-refractivity contribution is 0.291. The number of halogens is 1. The van der Waals surface area contributed by atoms with Crippen LogP contribution < -0.4 is 4.90 Å². The predicted molar refractivity (Wildman–Crippen MR) is 159 cm³/mol. The van der Waals surface area contributed by atoms with E-state index in [4.69, 9.17) is 11.6 Å². The molecule has 1 aliphatic carbocycles. The van der Waals surface area contributed by atoms with Crippen LogP contribution in [0.2, 0.25) is 5.02 Å². The standard InChI is InChI=1S/C35H30ClNO/c1-37-21-24(22-38)35(23-10-3-2-4-11-23,32-15-7-8-17-34(32)37)31-16-9-14-26-28(31)19-18-27-25-12-5-6-13-29(25)33(36)20-30(26)27/h2-8,10-13,15,17-21,31,38H,9,14,16,22H2,1H3. The Bertz CT molecular complexity index is 1720. The molecule has 7 rings (SSSR count). The summed E-state index contributed by atoms with van der Waals surface area (Å²) in [4.78, 5) is 2.16. The minimum Gasteiger partial charge on any atom is -0.392 e. The van der Waals surface area contributed by atoms with Gasteiger partial charge in [-0.1, -0.05) is 96.5 Å². The second-order valence-corrected chi connectivity index (χ2v) is 11.1. The van der Waals surface area contributed by atoms with Gasteiger partial charge in [0.2, 0.25) is 0 Å². The average Bonchev–Trinajstić information content (AvgIpc) is 2.97. The molecule has 2 aliphatic rings. The molecule has 0 saturated carbocycles. The van der Waals surface area contributed by atoms with E-state index in [-0.39, 0.29) is 12.5 Å². The molecule has 2 atom stereocenters. The third kappa shape index (κ3) is 3.24. The van der Waals surface area contributed by atoms with Gasteiger partial charge in [-0.3, -0.25) is 0 Å². The van der Waals surface area contributed by atoms with Crippen LogP contribution in [0.4, 0.5) is 5.69 Å². The summed E-state index contributed by atoms with van der Waals surface area (Å²) in [5.74, 6) is 0.177. The molecule has 3 heteroatoms. The molecule has 5 aromatic rings. The molecule has 188 valence electrons. The number of benzene rings is 5. The summed E-state index contributed by atoms with van der Waals surface area (Å²) in [5.41, 5.74) is 7.02. The molecule has 0 fully saturated rings. The summed E-state index contributed by atoms with van der Waals surface area (Å²) in [6, 6.07) is 34.8. The highest BCUT2D eigenvalue weighted by Crippen LogP contribution is 2.58. The molecule has 0 radical (unpaired) electrons. The summed E-state index contributed by atoms with van der Waals surface area (Å²) in [6.45, 7) is 0.00342. The van der Waals surface area contributed by atoms with E-state index < -0.39 is 5.41 Å². The van der Waals surface area contributed by atoms with Gasteiger partial charge in [-0.2, -0.15) is 0 Å². The fourth-order valence-electron chi connectivity index (χ4n) is 7.42. The van der Waals surface area contributed by atoms with E-state index in [2.05, 4.69) is 115 Å². The van der Waals surface area contributed by atoms with Crippen molar-refractivity contribution in [3.8, 4) is 0 Å². The number of hydrogen-bond donors (Lipinski definition) is 1. The predicted octanol–water partition coefficient (Wildman–Crippen LogP) is 8.38. The van der Waals surface area contributed by atoms with Gasteiger partial charge in [0.25, 0.3) is 0 Å². The number of anilines is 1. The van der Waals surface area contributed by atoms with Crippen molar-refractivity contribution in [2.75, 3.05) is 18.6 Å². The van der Waals surface area contributed by atoms with Crippen LogP contribution in [0.5, 0.6) is 0 Å². The minimum atomic E-state index is -0.470. The Labute approximate surface area is 228 Å². The van der Waals surface area contributed by atoms with Crippen molar-refractivity contribution >= 4 is 38.8 Å². The van der Waals surface area contributed by atoms with E-state index in [0.29, 0.717) is 0 Å². The fraction of sp³-hybridized carbons (Fsp3) is 0.200. The second kappa shape index (κ2) is 9.01. The van der Waals surface area contributed by atoms with Crippen molar-refractivity contribution in [2.24, 2.45) is 0 Å². The Kier molecular flexibility index (Phi) is 5.58. The van der Waals surface area contributed by atoms with E-state index in [1.807, 2.05) is 0 Å². The van der Waals surface area contributed by atoms with Crippen molar-refractivity contribution in [2.45, 2.75) is 30.6 Å². The van der Waals surface area contributed by atoms with Gasteiger partial charge in [0.15, 0.2) is 0 Å².